The van der Waals surface area contributed by atoms with Crippen LogP contribution in [0.2, 0.25) is 0 Å². The van der Waals surface area contributed by atoms with Gasteiger partial charge in [0.15, 0.2) is 0 Å². The maximum absolute atomic E-state index is 12.1. The molecule has 0 saturated heterocycles. The van der Waals surface area contributed by atoms with Crippen LogP contribution in [0, 0.1) is 12.8 Å². The molecule has 27 heavy (non-hydrogen) atoms. The average Bonchev–Trinajstić information content (AvgIpc) is 3.40. The number of aromatic nitrogens is 3. The van der Waals surface area contributed by atoms with Gasteiger partial charge in [0.2, 0.25) is 0 Å². The van der Waals surface area contributed by atoms with Crippen LogP contribution in [0.3, 0.4) is 0 Å². The zero-order valence-corrected chi connectivity index (χ0v) is 16.9. The van der Waals surface area contributed by atoms with E-state index in [4.69, 9.17) is 9.72 Å². The van der Waals surface area contributed by atoms with Crippen molar-refractivity contribution in [3.8, 4) is 17.1 Å². The second kappa shape index (κ2) is 6.96. The summed E-state index contributed by atoms with van der Waals surface area (Å²) in [6.45, 7) is 2.78. The lowest BCUT2D eigenvalue weighted by Gasteiger charge is -2.12. The van der Waals surface area contributed by atoms with Gasteiger partial charge in [-0.15, -0.1) is 0 Å². The zero-order valence-electron chi connectivity index (χ0n) is 16.1. The highest BCUT2D eigenvalue weighted by Crippen LogP contribution is 2.38. The van der Waals surface area contributed by atoms with Gasteiger partial charge in [0.1, 0.15) is 5.52 Å². The molecule has 1 aliphatic rings. The Morgan fingerprint density at radius 1 is 1.30 bits per heavy atom. The Labute approximate surface area is 162 Å². The number of fused-ring (bicyclic) bond motifs is 1. The minimum Gasteiger partial charge on any atom is -0.468 e. The third-order valence-electron chi connectivity index (χ3n) is 5.05. The Morgan fingerprint density at radius 2 is 2.07 bits per heavy atom. The molecule has 1 saturated carbocycles. The quantitative estimate of drug-likeness (QED) is 0.655. The van der Waals surface area contributed by atoms with E-state index in [-0.39, 0.29) is 5.56 Å². The number of benzene rings is 1. The maximum Gasteiger partial charge on any atom is 0.297 e. The molecule has 3 aromatic rings. The van der Waals surface area contributed by atoms with Crippen LogP contribution in [-0.4, -0.2) is 27.5 Å². The third-order valence-corrected chi connectivity index (χ3v) is 5.47. The van der Waals surface area contributed by atoms with Crippen LogP contribution in [0.25, 0.3) is 22.2 Å². The van der Waals surface area contributed by atoms with Gasteiger partial charge in [-0.3, -0.25) is 9.36 Å². The second-order valence-electron chi connectivity index (χ2n) is 7.18. The fraction of sp³-hybridized carbons (Fsp3) is 0.400. The number of pyridine rings is 1. The van der Waals surface area contributed by atoms with Crippen molar-refractivity contribution in [1.29, 1.82) is 0 Å². The lowest BCUT2D eigenvalue weighted by atomic mass is 10.0. The molecule has 0 aliphatic heterocycles. The lowest BCUT2D eigenvalue weighted by molar-refractivity contribution is 0.356. The van der Waals surface area contributed by atoms with Crippen LogP contribution in [0.15, 0.2) is 29.2 Å². The molecule has 1 aromatic carbocycles. The minimum atomic E-state index is 0.0303. The monoisotopic (exact) mass is 384 g/mol. The molecule has 0 atom stereocenters. The zero-order chi connectivity index (χ0) is 19.1. The fourth-order valence-corrected chi connectivity index (χ4v) is 3.86. The van der Waals surface area contributed by atoms with Gasteiger partial charge in [-0.2, -0.15) is 4.98 Å². The minimum absolute atomic E-state index is 0.0303. The van der Waals surface area contributed by atoms with Gasteiger partial charge in [-0.1, -0.05) is 11.9 Å². The first kappa shape index (κ1) is 18.0. The van der Waals surface area contributed by atoms with E-state index in [2.05, 4.69) is 21.4 Å². The topological polar surface area (TPSA) is 61.1 Å². The first-order valence-corrected chi connectivity index (χ1v) is 10.3. The van der Waals surface area contributed by atoms with Gasteiger partial charge in [0.25, 0.3) is 11.6 Å². The SMILES string of the molecule is COc1nc2c(NSC)cc(-c3cc(C)c(=O)n(C)c3)cc2n1CC1CC1. The molecule has 0 unspecified atom stereocenters. The normalized spacial score (nSPS) is 13.9. The van der Waals surface area contributed by atoms with Gasteiger partial charge in [-0.05, 0) is 55.0 Å². The van der Waals surface area contributed by atoms with Gasteiger partial charge in [0, 0.05) is 31.6 Å². The highest BCUT2D eigenvalue weighted by molar-refractivity contribution is 7.99. The molecule has 1 aliphatic carbocycles. The molecule has 4 rings (SSSR count). The highest BCUT2D eigenvalue weighted by Gasteiger charge is 2.25. The lowest BCUT2D eigenvalue weighted by Crippen LogP contribution is -2.18. The molecule has 142 valence electrons. The molecule has 0 bridgehead atoms. The highest BCUT2D eigenvalue weighted by atomic mass is 32.2. The standard InChI is InChI=1S/C20H24N4O2S/c1-12-7-15(11-23(2)19(12)25)14-8-16(22-27-4)18-17(9-14)24(10-13-5-6-13)20(21-18)26-3/h7-9,11,13,22H,5-6,10H2,1-4H3. The van der Waals surface area contributed by atoms with Crippen LogP contribution in [0.1, 0.15) is 18.4 Å². The average molecular weight is 385 g/mol. The van der Waals surface area contributed by atoms with E-state index in [9.17, 15) is 4.79 Å². The van der Waals surface area contributed by atoms with Gasteiger partial charge < -0.3 is 14.0 Å². The summed E-state index contributed by atoms with van der Waals surface area (Å²) in [6.07, 6.45) is 6.41. The van der Waals surface area contributed by atoms with Crippen molar-refractivity contribution in [2.45, 2.75) is 26.3 Å². The Balaban J connectivity index is 1.94. The van der Waals surface area contributed by atoms with Gasteiger partial charge in [0.05, 0.1) is 18.3 Å². The number of hydrogen-bond acceptors (Lipinski definition) is 5. The van der Waals surface area contributed by atoms with Crippen molar-refractivity contribution in [2.75, 3.05) is 18.1 Å². The second-order valence-corrected chi connectivity index (χ2v) is 7.79. The van der Waals surface area contributed by atoms with Crippen LogP contribution in [0.5, 0.6) is 6.01 Å². The molecule has 0 spiro atoms. The number of methoxy groups -OCH3 is 1. The van der Waals surface area contributed by atoms with Crippen LogP contribution in [-0.2, 0) is 13.6 Å². The Hall–Kier alpha value is -2.41. The fourth-order valence-electron chi connectivity index (χ4n) is 3.48. The number of aryl methyl sites for hydroxylation is 2. The number of ether oxygens (including phenoxy) is 1. The van der Waals surface area contributed by atoms with E-state index < -0.39 is 0 Å². The summed E-state index contributed by atoms with van der Waals surface area (Å²) in [4.78, 5) is 16.8. The van der Waals surface area contributed by atoms with Crippen LogP contribution >= 0.6 is 11.9 Å². The molecule has 1 fully saturated rings. The van der Waals surface area contributed by atoms with Crippen molar-refractivity contribution in [1.82, 2.24) is 14.1 Å². The van der Waals surface area contributed by atoms with Gasteiger partial charge >= 0.3 is 0 Å². The third kappa shape index (κ3) is 3.32. The molecule has 2 heterocycles. The van der Waals surface area contributed by atoms with Crippen LogP contribution in [0.4, 0.5) is 5.69 Å². The Bertz CT molecular complexity index is 1040. The van der Waals surface area contributed by atoms with E-state index in [0.717, 1.165) is 40.0 Å². The summed E-state index contributed by atoms with van der Waals surface area (Å²) in [7, 11) is 3.46. The number of hydrogen-bond donors (Lipinski definition) is 1. The number of nitrogens with one attached hydrogen (secondary N) is 1. The van der Waals surface area contributed by atoms with E-state index >= 15 is 0 Å². The van der Waals surface area contributed by atoms with E-state index in [1.807, 2.05) is 25.4 Å². The van der Waals surface area contributed by atoms with E-state index in [1.165, 1.54) is 24.8 Å². The molecule has 0 radical (unpaired) electrons. The van der Waals surface area contributed by atoms with Crippen molar-refractivity contribution >= 4 is 28.7 Å². The Morgan fingerprint density at radius 3 is 2.70 bits per heavy atom. The smallest absolute Gasteiger partial charge is 0.297 e. The summed E-state index contributed by atoms with van der Waals surface area (Å²) in [6, 6.07) is 6.84. The van der Waals surface area contributed by atoms with E-state index in [0.29, 0.717) is 11.9 Å². The molecule has 1 N–H and O–H groups in total. The van der Waals surface area contributed by atoms with Crippen molar-refractivity contribution in [3.63, 3.8) is 0 Å². The van der Waals surface area contributed by atoms with Crippen molar-refractivity contribution < 1.29 is 4.74 Å². The van der Waals surface area contributed by atoms with Gasteiger partial charge in [-0.25, -0.2) is 0 Å². The van der Waals surface area contributed by atoms with Crippen molar-refractivity contribution in [3.05, 3.63) is 40.3 Å². The predicted octanol–water partition coefficient (Wildman–Crippen LogP) is 3.82. The van der Waals surface area contributed by atoms with Crippen molar-refractivity contribution in [2.24, 2.45) is 13.0 Å². The summed E-state index contributed by atoms with van der Waals surface area (Å²) < 4.78 is 12.7. The summed E-state index contributed by atoms with van der Waals surface area (Å²) in [5.41, 5.74) is 5.75. The number of anilines is 1. The number of rotatable bonds is 6. The molecular formula is C20H24N4O2S. The molecule has 7 heteroatoms. The predicted molar refractivity (Wildman–Crippen MR) is 112 cm³/mol. The summed E-state index contributed by atoms with van der Waals surface area (Å²) >= 11 is 1.54. The largest absolute Gasteiger partial charge is 0.468 e. The molecule has 6 nitrogen and oxygen atoms in total. The first-order chi connectivity index (χ1) is 13.0. The maximum atomic E-state index is 12.1. The molecular weight excluding hydrogens is 360 g/mol. The first-order valence-electron chi connectivity index (χ1n) is 9.06. The molecule has 0 amide bonds. The Kier molecular flexibility index (Phi) is 4.63. The summed E-state index contributed by atoms with van der Waals surface area (Å²) in [5, 5.41) is 0. The number of imidazole rings is 1. The molecule has 2 aromatic heterocycles. The van der Waals surface area contributed by atoms with Crippen LogP contribution < -0.4 is 15.0 Å². The summed E-state index contributed by atoms with van der Waals surface area (Å²) in [5.74, 6) is 0.705. The number of nitrogens with zero attached hydrogens (tertiary/aromatic N) is 3. The van der Waals surface area contributed by atoms with E-state index in [1.54, 1.807) is 18.7 Å².